The number of amides is 3. The molecule has 1 aliphatic heterocycles. The van der Waals surface area contributed by atoms with Gasteiger partial charge in [0.2, 0.25) is 0 Å². The smallest absolute Gasteiger partial charge is 0.314 e. The number of thiazole rings is 1. The third kappa shape index (κ3) is 5.20. The maximum atomic E-state index is 12.7. The van der Waals surface area contributed by atoms with Crippen molar-refractivity contribution in [2.75, 3.05) is 18.9 Å². The zero-order valence-corrected chi connectivity index (χ0v) is 18.6. The molecule has 31 heavy (non-hydrogen) atoms. The summed E-state index contributed by atoms with van der Waals surface area (Å²) < 4.78 is 0. The Kier molecular flexibility index (Phi) is 6.49. The molecule has 9 nitrogen and oxygen atoms in total. The fourth-order valence-electron chi connectivity index (χ4n) is 3.81. The molecule has 1 fully saturated rings. The predicted octanol–water partition coefficient (Wildman–Crippen LogP) is 1.59. The van der Waals surface area contributed by atoms with Crippen LogP contribution in [0.5, 0.6) is 0 Å². The Morgan fingerprint density at radius 2 is 1.94 bits per heavy atom. The van der Waals surface area contributed by atoms with Gasteiger partial charge in [0, 0.05) is 42.7 Å². The lowest BCUT2D eigenvalue weighted by Gasteiger charge is -2.21. The van der Waals surface area contributed by atoms with Crippen LogP contribution in [0.1, 0.15) is 39.6 Å². The van der Waals surface area contributed by atoms with Crippen LogP contribution >= 0.6 is 22.9 Å². The third-order valence-electron chi connectivity index (χ3n) is 5.44. The van der Waals surface area contributed by atoms with Crippen LogP contribution in [0.15, 0.2) is 18.3 Å². The van der Waals surface area contributed by atoms with Crippen molar-refractivity contribution >= 4 is 46.5 Å². The molecule has 164 valence electrons. The van der Waals surface area contributed by atoms with E-state index < -0.39 is 11.8 Å². The summed E-state index contributed by atoms with van der Waals surface area (Å²) in [7, 11) is 2.05. The topological polar surface area (TPSA) is 116 Å². The van der Waals surface area contributed by atoms with Gasteiger partial charge in [-0.15, -0.1) is 11.3 Å². The Bertz CT molecular complexity index is 995. The van der Waals surface area contributed by atoms with Crippen molar-refractivity contribution in [3.63, 3.8) is 0 Å². The van der Waals surface area contributed by atoms with Crippen LogP contribution in [0.4, 0.5) is 5.82 Å². The Labute approximate surface area is 188 Å². The molecule has 0 bridgehead atoms. The highest BCUT2D eigenvalue weighted by molar-refractivity contribution is 7.13. The van der Waals surface area contributed by atoms with E-state index in [1.54, 1.807) is 6.07 Å². The number of aromatic nitrogens is 2. The third-order valence-corrected chi connectivity index (χ3v) is 6.75. The summed E-state index contributed by atoms with van der Waals surface area (Å²) in [4.78, 5) is 49.0. The molecule has 2 aliphatic rings. The molecule has 0 radical (unpaired) electrons. The fraction of sp³-hybridized carbons (Fsp3) is 0.450. The van der Waals surface area contributed by atoms with Crippen molar-refractivity contribution in [1.82, 2.24) is 25.5 Å². The Morgan fingerprint density at radius 3 is 2.68 bits per heavy atom. The van der Waals surface area contributed by atoms with Gasteiger partial charge in [-0.3, -0.25) is 14.4 Å². The number of rotatable bonds is 4. The van der Waals surface area contributed by atoms with Gasteiger partial charge in [-0.1, -0.05) is 11.6 Å². The highest BCUT2D eigenvalue weighted by Crippen LogP contribution is 2.25. The number of nitrogens with zero attached hydrogens (tertiary/aromatic N) is 3. The van der Waals surface area contributed by atoms with Gasteiger partial charge in [0.05, 0.1) is 10.7 Å². The van der Waals surface area contributed by atoms with E-state index in [-0.39, 0.29) is 23.8 Å². The lowest BCUT2D eigenvalue weighted by Crippen LogP contribution is -2.51. The molecular weight excluding hydrogens is 440 g/mol. The van der Waals surface area contributed by atoms with Crippen LogP contribution in [-0.2, 0) is 22.6 Å². The summed E-state index contributed by atoms with van der Waals surface area (Å²) in [5, 5.41) is 9.03. The number of halogens is 1. The summed E-state index contributed by atoms with van der Waals surface area (Å²) in [5.41, 5.74) is 0.997. The zero-order chi connectivity index (χ0) is 22.0. The standard InChI is InChI=1S/C20H23ClN6O3S/c1-27-8-7-14-15(10-27)31-20(25-14)19(30)24-13-4-2-3-12(13)23-17(28)18(29)26-16-6-5-11(21)9-22-16/h5-6,9,12-13H,2-4,7-8,10H2,1H3,(H,23,28)(H,24,30)(H,22,26,29)/t12-,13-/m0/s1. The largest absolute Gasteiger partial charge is 0.345 e. The molecule has 3 amide bonds. The highest BCUT2D eigenvalue weighted by atomic mass is 35.5. The van der Waals surface area contributed by atoms with E-state index in [9.17, 15) is 14.4 Å². The second kappa shape index (κ2) is 9.29. The van der Waals surface area contributed by atoms with Crippen LogP contribution in [-0.4, -0.2) is 58.3 Å². The SMILES string of the molecule is CN1CCc2nc(C(=O)N[C@H]3CCC[C@@H]3NC(=O)C(=O)Nc3ccc(Cl)cn3)sc2C1. The van der Waals surface area contributed by atoms with Crippen molar-refractivity contribution in [2.45, 2.75) is 44.3 Å². The number of anilines is 1. The quantitative estimate of drug-likeness (QED) is 0.594. The normalized spacial score (nSPS) is 20.7. The van der Waals surface area contributed by atoms with Crippen molar-refractivity contribution in [2.24, 2.45) is 0 Å². The second-order valence-electron chi connectivity index (χ2n) is 7.78. The number of fused-ring (bicyclic) bond motifs is 1. The van der Waals surface area contributed by atoms with Crippen molar-refractivity contribution in [1.29, 1.82) is 0 Å². The van der Waals surface area contributed by atoms with E-state index in [0.29, 0.717) is 16.5 Å². The predicted molar refractivity (Wildman–Crippen MR) is 117 cm³/mol. The molecule has 11 heteroatoms. The number of carbonyl (C=O) groups excluding carboxylic acids is 3. The first-order chi connectivity index (χ1) is 14.9. The van der Waals surface area contributed by atoms with Gasteiger partial charge in [0.1, 0.15) is 5.82 Å². The van der Waals surface area contributed by atoms with Gasteiger partial charge in [0.15, 0.2) is 5.01 Å². The maximum absolute atomic E-state index is 12.7. The van der Waals surface area contributed by atoms with Crippen molar-refractivity contribution in [3.8, 4) is 0 Å². The molecule has 0 spiro atoms. The van der Waals surface area contributed by atoms with Gasteiger partial charge in [-0.25, -0.2) is 9.97 Å². The van der Waals surface area contributed by atoms with E-state index in [1.165, 1.54) is 23.6 Å². The molecule has 1 aliphatic carbocycles. The molecule has 2 aromatic rings. The first-order valence-electron chi connectivity index (χ1n) is 10.1. The molecule has 0 saturated heterocycles. The first-order valence-corrected chi connectivity index (χ1v) is 11.3. The summed E-state index contributed by atoms with van der Waals surface area (Å²) in [6.07, 6.45) is 4.48. The van der Waals surface area contributed by atoms with Crippen molar-refractivity contribution in [3.05, 3.63) is 38.9 Å². The number of likely N-dealkylation sites (N-methyl/N-ethyl adjacent to an activating group) is 1. The van der Waals surface area contributed by atoms with Gasteiger partial charge >= 0.3 is 11.8 Å². The number of carbonyl (C=O) groups is 3. The van der Waals surface area contributed by atoms with Crippen LogP contribution < -0.4 is 16.0 Å². The summed E-state index contributed by atoms with van der Waals surface area (Å²) >= 11 is 7.19. The average Bonchev–Trinajstić information content (AvgIpc) is 3.36. The fourth-order valence-corrected chi connectivity index (χ4v) is 5.02. The lowest BCUT2D eigenvalue weighted by molar-refractivity contribution is -0.136. The second-order valence-corrected chi connectivity index (χ2v) is 9.30. The van der Waals surface area contributed by atoms with Crippen LogP contribution in [0, 0.1) is 0 Å². The van der Waals surface area contributed by atoms with Crippen molar-refractivity contribution < 1.29 is 14.4 Å². The number of nitrogens with one attached hydrogen (secondary N) is 3. The molecule has 1 saturated carbocycles. The first kappa shape index (κ1) is 21.7. The minimum Gasteiger partial charge on any atom is -0.345 e. The minimum absolute atomic E-state index is 0.233. The number of pyridine rings is 1. The van der Waals surface area contributed by atoms with Gasteiger partial charge in [-0.2, -0.15) is 0 Å². The Balaban J connectivity index is 1.33. The van der Waals surface area contributed by atoms with E-state index in [4.69, 9.17) is 11.6 Å². The molecule has 0 aromatic carbocycles. The molecule has 3 N–H and O–H groups in total. The van der Waals surface area contributed by atoms with Crippen LogP contribution in [0.2, 0.25) is 5.02 Å². The summed E-state index contributed by atoms with van der Waals surface area (Å²) in [6, 6.07) is 2.51. The van der Waals surface area contributed by atoms with Crippen LogP contribution in [0.3, 0.4) is 0 Å². The summed E-state index contributed by atoms with van der Waals surface area (Å²) in [5.74, 6) is -1.58. The van der Waals surface area contributed by atoms with Gasteiger partial charge < -0.3 is 20.9 Å². The minimum atomic E-state index is -0.816. The molecular formula is C20H23ClN6O3S. The Morgan fingerprint density at radius 1 is 1.16 bits per heavy atom. The van der Waals surface area contributed by atoms with E-state index in [1.807, 2.05) is 7.05 Å². The highest BCUT2D eigenvalue weighted by Gasteiger charge is 2.32. The van der Waals surface area contributed by atoms with E-state index in [2.05, 4.69) is 30.8 Å². The molecule has 2 atom stereocenters. The molecule has 0 unspecified atom stereocenters. The zero-order valence-electron chi connectivity index (χ0n) is 17.0. The average molecular weight is 463 g/mol. The number of hydrogen-bond acceptors (Lipinski definition) is 7. The number of hydrogen-bond donors (Lipinski definition) is 3. The lowest BCUT2D eigenvalue weighted by atomic mass is 10.1. The molecule has 4 rings (SSSR count). The maximum Gasteiger partial charge on any atom is 0.314 e. The Hall–Kier alpha value is -2.56. The van der Waals surface area contributed by atoms with Gasteiger partial charge in [-0.05, 0) is 38.4 Å². The van der Waals surface area contributed by atoms with E-state index in [0.717, 1.165) is 42.9 Å². The summed E-state index contributed by atoms with van der Waals surface area (Å²) in [6.45, 7) is 1.74. The van der Waals surface area contributed by atoms with E-state index >= 15 is 0 Å². The van der Waals surface area contributed by atoms with Crippen LogP contribution in [0.25, 0.3) is 0 Å². The molecule has 2 aromatic heterocycles. The van der Waals surface area contributed by atoms with Gasteiger partial charge in [0.25, 0.3) is 5.91 Å². The molecule has 3 heterocycles. The monoisotopic (exact) mass is 462 g/mol.